The zero-order chi connectivity index (χ0) is 17.5. The number of benzene rings is 2. The highest BCUT2D eigenvalue weighted by molar-refractivity contribution is 7.80. The molecule has 0 aromatic heterocycles. The smallest absolute Gasteiger partial charge is 0.187 e. The van der Waals surface area contributed by atoms with E-state index < -0.39 is 0 Å². The number of rotatable bonds is 5. The molecule has 2 aromatic carbocycles. The van der Waals surface area contributed by atoms with Gasteiger partial charge >= 0.3 is 0 Å². The first-order chi connectivity index (χ1) is 12.3. The van der Waals surface area contributed by atoms with Gasteiger partial charge in [-0.3, -0.25) is 5.43 Å². The number of para-hydroxylation sites is 1. The number of nitrogens with zero attached hydrogens (tertiary/aromatic N) is 1. The van der Waals surface area contributed by atoms with Crippen LogP contribution in [0.25, 0.3) is 0 Å². The van der Waals surface area contributed by atoms with Crippen LogP contribution in [0.5, 0.6) is 5.75 Å². The van der Waals surface area contributed by atoms with Crippen molar-refractivity contribution >= 4 is 23.0 Å². The van der Waals surface area contributed by atoms with Crippen LogP contribution in [0.4, 0.5) is 0 Å². The van der Waals surface area contributed by atoms with E-state index in [-0.39, 0.29) is 6.10 Å². The first-order valence-corrected chi connectivity index (χ1v) is 8.59. The van der Waals surface area contributed by atoms with Crippen LogP contribution in [0.1, 0.15) is 23.7 Å². The van der Waals surface area contributed by atoms with Crippen LogP contribution >= 0.6 is 12.2 Å². The van der Waals surface area contributed by atoms with E-state index in [1.165, 1.54) is 0 Å². The Morgan fingerprint density at radius 1 is 1.20 bits per heavy atom. The van der Waals surface area contributed by atoms with Crippen LogP contribution in [0.2, 0.25) is 0 Å². The van der Waals surface area contributed by atoms with Gasteiger partial charge in [0.15, 0.2) is 5.11 Å². The molecule has 1 unspecified atom stereocenters. The van der Waals surface area contributed by atoms with E-state index in [0.717, 1.165) is 22.6 Å². The Labute approximate surface area is 153 Å². The van der Waals surface area contributed by atoms with E-state index in [9.17, 15) is 0 Å². The van der Waals surface area contributed by atoms with E-state index in [1.54, 1.807) is 7.11 Å². The van der Waals surface area contributed by atoms with Crippen molar-refractivity contribution in [2.45, 2.75) is 12.5 Å². The summed E-state index contributed by atoms with van der Waals surface area (Å²) in [5.41, 5.74) is 5.96. The number of hydrogen-bond donors (Lipinski definition) is 2. The Balaban J connectivity index is 1.77. The molecule has 1 aliphatic heterocycles. The Bertz CT molecular complexity index is 749. The zero-order valence-electron chi connectivity index (χ0n) is 14.1. The molecule has 2 N–H and O–H groups in total. The Morgan fingerprint density at radius 3 is 2.76 bits per heavy atom. The highest BCUT2D eigenvalue weighted by Gasteiger charge is 2.26. The molecule has 25 heavy (non-hydrogen) atoms. The van der Waals surface area contributed by atoms with Gasteiger partial charge in [-0.1, -0.05) is 42.5 Å². The number of methoxy groups -OCH3 is 1. The van der Waals surface area contributed by atoms with Crippen molar-refractivity contribution in [3.8, 4) is 5.75 Å². The summed E-state index contributed by atoms with van der Waals surface area (Å²) < 4.78 is 11.2. The number of ether oxygens (including phenoxy) is 2. The second-order valence-electron chi connectivity index (χ2n) is 5.64. The Hall–Kier alpha value is -2.44. The summed E-state index contributed by atoms with van der Waals surface area (Å²) in [5.74, 6) is 0.835. The maximum Gasteiger partial charge on any atom is 0.187 e. The van der Waals surface area contributed by atoms with Crippen molar-refractivity contribution in [3.63, 3.8) is 0 Å². The summed E-state index contributed by atoms with van der Waals surface area (Å²) in [6.07, 6.45) is 0.612. The fourth-order valence-corrected chi connectivity index (χ4v) is 2.82. The molecule has 3 rings (SSSR count). The highest BCUT2D eigenvalue weighted by Crippen LogP contribution is 2.34. The molecule has 0 fully saturated rings. The first kappa shape index (κ1) is 17.4. The molecule has 0 radical (unpaired) electrons. The molecule has 0 saturated heterocycles. The third-order valence-corrected chi connectivity index (χ3v) is 4.14. The topological polar surface area (TPSA) is 54.9 Å². The Morgan fingerprint density at radius 2 is 1.96 bits per heavy atom. The van der Waals surface area contributed by atoms with Crippen LogP contribution in [0.3, 0.4) is 0 Å². The summed E-state index contributed by atoms with van der Waals surface area (Å²) in [7, 11) is 1.65. The van der Waals surface area contributed by atoms with Gasteiger partial charge in [-0.25, -0.2) is 0 Å². The Kier molecular flexibility index (Phi) is 5.98. The molecule has 2 aromatic rings. The van der Waals surface area contributed by atoms with Gasteiger partial charge in [0.1, 0.15) is 11.9 Å². The summed E-state index contributed by atoms with van der Waals surface area (Å²) in [6.45, 7) is 1.23. The molecule has 0 aliphatic carbocycles. The molecule has 0 bridgehead atoms. The lowest BCUT2D eigenvalue weighted by molar-refractivity contribution is 0.204. The first-order valence-electron chi connectivity index (χ1n) is 8.18. The average Bonchev–Trinajstić information content (AvgIpc) is 2.67. The lowest BCUT2D eigenvalue weighted by Crippen LogP contribution is -2.35. The minimum Gasteiger partial charge on any atom is -0.485 e. The van der Waals surface area contributed by atoms with Crippen LogP contribution in [-0.2, 0) is 4.74 Å². The second kappa shape index (κ2) is 8.60. The molecule has 0 amide bonds. The van der Waals surface area contributed by atoms with Crippen molar-refractivity contribution in [1.82, 2.24) is 10.7 Å². The van der Waals surface area contributed by atoms with Crippen LogP contribution in [0.15, 0.2) is 59.7 Å². The largest absolute Gasteiger partial charge is 0.485 e. The number of hydrogen-bond acceptors (Lipinski definition) is 4. The lowest BCUT2D eigenvalue weighted by atomic mass is 9.96. The van der Waals surface area contributed by atoms with Crippen molar-refractivity contribution in [2.24, 2.45) is 5.10 Å². The van der Waals surface area contributed by atoms with Crippen molar-refractivity contribution in [1.29, 1.82) is 0 Å². The van der Waals surface area contributed by atoms with Gasteiger partial charge in [0, 0.05) is 25.6 Å². The second-order valence-corrected chi connectivity index (χ2v) is 6.04. The zero-order valence-corrected chi connectivity index (χ0v) is 14.9. The predicted octanol–water partition coefficient (Wildman–Crippen LogP) is 3.03. The van der Waals surface area contributed by atoms with Crippen LogP contribution < -0.4 is 15.5 Å². The lowest BCUT2D eigenvalue weighted by Gasteiger charge is -2.27. The maximum atomic E-state index is 6.16. The summed E-state index contributed by atoms with van der Waals surface area (Å²) in [4.78, 5) is 0. The normalized spacial score (nSPS) is 17.5. The third-order valence-electron chi connectivity index (χ3n) is 3.90. The molecule has 0 spiro atoms. The number of fused-ring (bicyclic) bond motifs is 1. The molecule has 0 saturated carbocycles. The highest BCUT2D eigenvalue weighted by atomic mass is 32.1. The van der Waals surface area contributed by atoms with Gasteiger partial charge in [0.05, 0.1) is 12.3 Å². The van der Waals surface area contributed by atoms with Crippen LogP contribution in [-0.4, -0.2) is 31.1 Å². The quantitative estimate of drug-likeness (QED) is 0.491. The standard InChI is InChI=1S/C19H21N3O2S/c1-23-12-11-20-19(25)22-21-16-13-18(14-7-3-2-4-8-14)24-17-10-6-5-9-15(16)17/h2-10,18H,11-13H2,1H3,(H2,20,22,25)/b21-16+. The van der Waals surface area contributed by atoms with Crippen molar-refractivity contribution < 1.29 is 9.47 Å². The monoisotopic (exact) mass is 355 g/mol. The number of hydrazone groups is 1. The van der Waals surface area contributed by atoms with Crippen molar-refractivity contribution in [2.75, 3.05) is 20.3 Å². The molecule has 6 heteroatoms. The van der Waals surface area contributed by atoms with Gasteiger partial charge < -0.3 is 14.8 Å². The van der Waals surface area contributed by atoms with E-state index in [2.05, 4.69) is 28.0 Å². The molecule has 1 aliphatic rings. The molecule has 1 heterocycles. The van der Waals surface area contributed by atoms with Gasteiger partial charge in [-0.05, 0) is 29.9 Å². The van der Waals surface area contributed by atoms with E-state index >= 15 is 0 Å². The fraction of sp³-hybridized carbons (Fsp3) is 0.263. The van der Waals surface area contributed by atoms with Gasteiger partial charge in [0.2, 0.25) is 0 Å². The molecule has 1 atom stereocenters. The summed E-state index contributed by atoms with van der Waals surface area (Å²) in [6, 6.07) is 18.1. The number of nitrogens with one attached hydrogen (secondary N) is 2. The van der Waals surface area contributed by atoms with E-state index in [1.807, 2.05) is 42.5 Å². The molecule has 130 valence electrons. The van der Waals surface area contributed by atoms with Gasteiger partial charge in [-0.15, -0.1) is 0 Å². The van der Waals surface area contributed by atoms with E-state index in [4.69, 9.17) is 21.7 Å². The number of thiocarbonyl (C=S) groups is 1. The SMILES string of the molecule is COCCNC(=S)N/N=C1\CC(c2ccccc2)Oc2ccccc21. The minimum absolute atomic E-state index is 0.0633. The summed E-state index contributed by atoms with van der Waals surface area (Å²) >= 11 is 5.24. The van der Waals surface area contributed by atoms with Gasteiger partial charge in [0.25, 0.3) is 0 Å². The van der Waals surface area contributed by atoms with Gasteiger partial charge in [-0.2, -0.15) is 5.10 Å². The minimum atomic E-state index is -0.0633. The maximum absolute atomic E-state index is 6.16. The average molecular weight is 355 g/mol. The van der Waals surface area contributed by atoms with E-state index in [0.29, 0.717) is 24.7 Å². The fourth-order valence-electron chi connectivity index (χ4n) is 2.67. The molecular weight excluding hydrogens is 334 g/mol. The summed E-state index contributed by atoms with van der Waals surface area (Å²) in [5, 5.41) is 8.04. The molecule has 5 nitrogen and oxygen atoms in total. The third kappa shape index (κ3) is 4.55. The predicted molar refractivity (Wildman–Crippen MR) is 103 cm³/mol. The van der Waals surface area contributed by atoms with Crippen LogP contribution in [0, 0.1) is 0 Å². The van der Waals surface area contributed by atoms with Crippen molar-refractivity contribution in [3.05, 3.63) is 65.7 Å². The molecular formula is C19H21N3O2S.